The number of pyridine rings is 1. The average Bonchev–Trinajstić information content (AvgIpc) is 3.07. The number of hydrogen-bond donors (Lipinski definition) is 0. The number of fused-ring (bicyclic) bond motifs is 1. The third-order valence-corrected chi connectivity index (χ3v) is 7.97. The van der Waals surface area contributed by atoms with Gasteiger partial charge in [-0.05, 0) is 76.9 Å². The molecule has 1 heterocycles. The molecular weight excluding hydrogens is 648 g/mol. The molecule has 0 saturated heterocycles. The minimum atomic E-state index is -5.01. The first-order valence-corrected chi connectivity index (χ1v) is 15.7. The fraction of sp³-hybridized carbons (Fsp3) is 0.146. The summed E-state index contributed by atoms with van der Waals surface area (Å²) in [5.41, 5.74) is 2.14. The molecule has 0 amide bonds. The Morgan fingerprint density at radius 2 is 1.00 bits per heavy atom. The van der Waals surface area contributed by atoms with Crippen molar-refractivity contribution in [2.45, 2.75) is 12.4 Å². The zero-order valence-electron chi connectivity index (χ0n) is 27.9. The molecule has 5 aromatic rings. The van der Waals surface area contributed by atoms with E-state index in [9.17, 15) is 26.3 Å². The van der Waals surface area contributed by atoms with Crippen molar-refractivity contribution in [2.75, 3.05) is 38.0 Å². The Balaban J connectivity index is 1.67. The van der Waals surface area contributed by atoms with Crippen LogP contribution in [0.2, 0.25) is 0 Å². The number of halogens is 6. The third-order valence-electron chi connectivity index (χ3n) is 7.97. The van der Waals surface area contributed by atoms with Crippen LogP contribution in [0.15, 0.2) is 115 Å². The first kappa shape index (κ1) is 35.7. The van der Waals surface area contributed by atoms with Crippen molar-refractivity contribution >= 4 is 46.6 Å². The van der Waals surface area contributed by atoms with E-state index < -0.39 is 23.5 Å². The number of para-hydroxylation sites is 1. The van der Waals surface area contributed by atoms with E-state index in [4.69, 9.17) is 4.98 Å². The number of rotatable bonds is 9. The van der Waals surface area contributed by atoms with Gasteiger partial charge in [0.15, 0.2) is 0 Å². The Kier molecular flexibility index (Phi) is 10.7. The second-order valence-corrected chi connectivity index (χ2v) is 12.0. The highest BCUT2D eigenvalue weighted by molar-refractivity contribution is 5.98. The summed E-state index contributed by atoms with van der Waals surface area (Å²) in [6.45, 7) is 0. The molecule has 0 aliphatic heterocycles. The fourth-order valence-electron chi connectivity index (χ4n) is 5.35. The van der Waals surface area contributed by atoms with Crippen LogP contribution in [0.1, 0.15) is 33.5 Å². The van der Waals surface area contributed by atoms with E-state index in [2.05, 4.69) is 0 Å². The van der Waals surface area contributed by atoms with Gasteiger partial charge in [0, 0.05) is 50.5 Å². The molecule has 0 aliphatic rings. The molecule has 0 unspecified atom stereocenters. The second kappa shape index (κ2) is 14.9. The Morgan fingerprint density at radius 3 is 1.48 bits per heavy atom. The molecule has 0 bridgehead atoms. The van der Waals surface area contributed by atoms with Gasteiger partial charge in [-0.1, -0.05) is 85.0 Å². The van der Waals surface area contributed by atoms with Gasteiger partial charge in [0.1, 0.15) is 0 Å². The zero-order valence-corrected chi connectivity index (χ0v) is 27.9. The molecule has 50 heavy (non-hydrogen) atoms. The molecule has 4 aromatic carbocycles. The number of aromatic nitrogens is 1. The van der Waals surface area contributed by atoms with Gasteiger partial charge < -0.3 is 9.80 Å². The largest absolute Gasteiger partial charge is 0.416 e. The van der Waals surface area contributed by atoms with Crippen molar-refractivity contribution in [1.29, 1.82) is 0 Å². The number of allylic oxidation sites excluding steroid dienone is 4. The van der Waals surface area contributed by atoms with Crippen LogP contribution in [0, 0.1) is 0 Å². The van der Waals surface area contributed by atoms with Crippen LogP contribution in [0.4, 0.5) is 37.7 Å². The predicted octanol–water partition coefficient (Wildman–Crippen LogP) is 11.5. The molecule has 0 aliphatic carbocycles. The molecule has 3 nitrogen and oxygen atoms in total. The highest BCUT2D eigenvalue weighted by Gasteiger charge is 2.37. The third kappa shape index (κ3) is 8.71. The maximum atomic E-state index is 14.0. The zero-order chi connectivity index (χ0) is 36.1. The van der Waals surface area contributed by atoms with Crippen molar-refractivity contribution < 1.29 is 26.3 Å². The molecule has 0 fully saturated rings. The highest BCUT2D eigenvalue weighted by Crippen LogP contribution is 2.41. The van der Waals surface area contributed by atoms with Gasteiger partial charge in [-0.3, -0.25) is 0 Å². The SMILES string of the molecule is CN(C)c1ccc(C=CC=Cc2nc3ccccc3c(C=CC=Cc3ccc(N(C)C)cc3)c2-c2cc(C(F)(F)F)cc(C(F)(F)F)c2)cc1. The molecule has 0 spiro atoms. The first-order chi connectivity index (χ1) is 23.7. The minimum absolute atomic E-state index is 0.137. The second-order valence-electron chi connectivity index (χ2n) is 12.0. The molecule has 9 heteroatoms. The highest BCUT2D eigenvalue weighted by atomic mass is 19.4. The monoisotopic (exact) mass is 683 g/mol. The van der Waals surface area contributed by atoms with Crippen molar-refractivity contribution in [3.63, 3.8) is 0 Å². The van der Waals surface area contributed by atoms with Crippen LogP contribution in [0.5, 0.6) is 0 Å². The van der Waals surface area contributed by atoms with Crippen molar-refractivity contribution in [1.82, 2.24) is 4.98 Å². The Labute approximate surface area is 287 Å². The van der Waals surface area contributed by atoms with E-state index in [1.165, 1.54) is 0 Å². The van der Waals surface area contributed by atoms with E-state index in [0.29, 0.717) is 16.5 Å². The number of nitrogens with zero attached hydrogens (tertiary/aromatic N) is 3. The molecule has 5 rings (SSSR count). The summed E-state index contributed by atoms with van der Waals surface area (Å²) in [6.07, 6.45) is 3.88. The lowest BCUT2D eigenvalue weighted by atomic mass is 9.91. The Morgan fingerprint density at radius 1 is 0.540 bits per heavy atom. The van der Waals surface area contributed by atoms with Crippen LogP contribution in [-0.2, 0) is 12.4 Å². The lowest BCUT2D eigenvalue weighted by Gasteiger charge is -2.18. The smallest absolute Gasteiger partial charge is 0.378 e. The number of benzene rings is 4. The number of alkyl halides is 6. The molecule has 0 N–H and O–H groups in total. The van der Waals surface area contributed by atoms with Gasteiger partial charge in [-0.25, -0.2) is 4.98 Å². The molecule has 1 aromatic heterocycles. The Bertz CT molecular complexity index is 2030. The standard InChI is InChI=1S/C41H35F6N3/c1-49(2)33-21-17-28(18-22-33)11-5-7-14-36-35-13-8-10-15-37(35)48-38(16-9-6-12-29-19-23-34(24-20-29)50(3)4)39(36)30-25-31(40(42,43)44)27-32(26-30)41(45,46)47/h5-27H,1-4H3. The number of hydrogen-bond acceptors (Lipinski definition) is 3. The maximum Gasteiger partial charge on any atom is 0.416 e. The van der Waals surface area contributed by atoms with Gasteiger partial charge in [0.2, 0.25) is 0 Å². The average molecular weight is 684 g/mol. The lowest BCUT2D eigenvalue weighted by molar-refractivity contribution is -0.143. The molecule has 0 radical (unpaired) electrons. The lowest BCUT2D eigenvalue weighted by Crippen LogP contribution is -2.11. The summed E-state index contributed by atoms with van der Waals surface area (Å²) in [6, 6.07) is 24.3. The fourth-order valence-corrected chi connectivity index (χ4v) is 5.35. The Hall–Kier alpha value is -5.57. The topological polar surface area (TPSA) is 19.4 Å². The van der Waals surface area contributed by atoms with Crippen LogP contribution in [-0.4, -0.2) is 33.2 Å². The van der Waals surface area contributed by atoms with Gasteiger partial charge in [-0.15, -0.1) is 0 Å². The van der Waals surface area contributed by atoms with Crippen LogP contribution in [0.25, 0.3) is 46.3 Å². The van der Waals surface area contributed by atoms with Crippen LogP contribution < -0.4 is 9.80 Å². The van der Waals surface area contributed by atoms with Crippen LogP contribution in [0.3, 0.4) is 0 Å². The van der Waals surface area contributed by atoms with Crippen LogP contribution >= 0.6 is 0 Å². The van der Waals surface area contributed by atoms with E-state index in [-0.39, 0.29) is 22.9 Å². The summed E-state index contributed by atoms with van der Waals surface area (Å²) >= 11 is 0. The van der Waals surface area contributed by atoms with E-state index >= 15 is 0 Å². The summed E-state index contributed by atoms with van der Waals surface area (Å²) in [5, 5.41) is 0.571. The number of anilines is 2. The normalized spacial score (nSPS) is 12.7. The first-order valence-electron chi connectivity index (χ1n) is 15.7. The van der Waals surface area contributed by atoms with E-state index in [0.717, 1.165) is 34.6 Å². The van der Waals surface area contributed by atoms with Gasteiger partial charge in [0.05, 0.1) is 22.3 Å². The summed E-state index contributed by atoms with van der Waals surface area (Å²) in [4.78, 5) is 8.68. The van der Waals surface area contributed by atoms with Crippen molar-refractivity contribution in [2.24, 2.45) is 0 Å². The minimum Gasteiger partial charge on any atom is -0.378 e. The van der Waals surface area contributed by atoms with Gasteiger partial charge in [0.25, 0.3) is 0 Å². The molecule has 256 valence electrons. The maximum absolute atomic E-state index is 14.0. The van der Waals surface area contributed by atoms with E-state index in [1.807, 2.05) is 98.7 Å². The van der Waals surface area contributed by atoms with Crippen molar-refractivity contribution in [3.8, 4) is 11.1 Å². The van der Waals surface area contributed by atoms with E-state index in [1.54, 1.807) is 60.7 Å². The van der Waals surface area contributed by atoms with Crippen molar-refractivity contribution in [3.05, 3.63) is 149 Å². The predicted molar refractivity (Wildman–Crippen MR) is 195 cm³/mol. The quantitative estimate of drug-likeness (QED) is 0.114. The summed E-state index contributed by atoms with van der Waals surface area (Å²) < 4.78 is 84.2. The molecular formula is C41H35F6N3. The summed E-state index contributed by atoms with van der Waals surface area (Å²) in [5.74, 6) is 0. The van der Waals surface area contributed by atoms with Gasteiger partial charge in [-0.2, -0.15) is 26.3 Å². The van der Waals surface area contributed by atoms with Gasteiger partial charge >= 0.3 is 12.4 Å². The molecule has 0 atom stereocenters. The summed E-state index contributed by atoms with van der Waals surface area (Å²) in [7, 11) is 7.76. The molecule has 0 saturated carbocycles.